The molecule has 1 aliphatic heterocycles. The van der Waals surface area contributed by atoms with Gasteiger partial charge in [0.05, 0.1) is 16.6 Å². The van der Waals surface area contributed by atoms with Crippen molar-refractivity contribution in [3.8, 4) is 0 Å². The van der Waals surface area contributed by atoms with Gasteiger partial charge in [-0.25, -0.2) is 9.18 Å². The van der Waals surface area contributed by atoms with Crippen LogP contribution in [0.5, 0.6) is 0 Å². The topological polar surface area (TPSA) is 96.2 Å². The lowest BCUT2D eigenvalue weighted by Crippen LogP contribution is -2.41. The fourth-order valence-corrected chi connectivity index (χ4v) is 4.39. The van der Waals surface area contributed by atoms with Crippen LogP contribution in [0.25, 0.3) is 11.0 Å². The Kier molecular flexibility index (Phi) is 5.92. The summed E-state index contributed by atoms with van der Waals surface area (Å²) < 4.78 is 15.9. The third kappa shape index (κ3) is 4.27. The van der Waals surface area contributed by atoms with E-state index in [1.54, 1.807) is 0 Å². The Hall–Kier alpha value is -2.65. The molecule has 3 aromatic rings. The van der Waals surface area contributed by atoms with Crippen molar-refractivity contribution in [2.24, 2.45) is 0 Å². The molecule has 2 heterocycles. The molecule has 1 aromatic heterocycles. The van der Waals surface area contributed by atoms with Crippen LogP contribution in [0.1, 0.15) is 29.2 Å². The van der Waals surface area contributed by atoms with Crippen LogP contribution in [-0.4, -0.2) is 46.5 Å². The average molecular weight is 476 g/mol. The Bertz CT molecular complexity index is 1130. The molecule has 158 valence electrons. The SMILES string of the molecule is Nc1cc(F)ccc1C(=O)NCCN1CCC(n2c(=O)[nH]c3cc(Br)ccc32)CC1. The third-order valence-corrected chi connectivity index (χ3v) is 6.07. The molecule has 0 bridgehead atoms. The molecule has 4 rings (SSSR count). The molecule has 1 saturated heterocycles. The van der Waals surface area contributed by atoms with E-state index in [9.17, 15) is 14.0 Å². The van der Waals surface area contributed by atoms with Crippen molar-refractivity contribution >= 4 is 38.6 Å². The molecule has 1 aliphatic rings. The van der Waals surface area contributed by atoms with Gasteiger partial charge in [0.15, 0.2) is 0 Å². The number of aromatic nitrogens is 2. The van der Waals surface area contributed by atoms with E-state index in [0.717, 1.165) is 47.5 Å². The summed E-state index contributed by atoms with van der Waals surface area (Å²) >= 11 is 3.43. The Morgan fingerprint density at radius 1 is 1.23 bits per heavy atom. The van der Waals surface area contributed by atoms with Crippen LogP contribution < -0.4 is 16.7 Å². The number of piperidine rings is 1. The van der Waals surface area contributed by atoms with E-state index < -0.39 is 5.82 Å². The van der Waals surface area contributed by atoms with Gasteiger partial charge in [0.25, 0.3) is 5.91 Å². The van der Waals surface area contributed by atoms with E-state index in [1.807, 2.05) is 22.8 Å². The maximum Gasteiger partial charge on any atom is 0.326 e. The van der Waals surface area contributed by atoms with Gasteiger partial charge in [0.2, 0.25) is 0 Å². The zero-order chi connectivity index (χ0) is 21.3. The molecule has 1 fully saturated rings. The summed E-state index contributed by atoms with van der Waals surface area (Å²) in [4.78, 5) is 29.9. The van der Waals surface area contributed by atoms with Crippen molar-refractivity contribution in [1.82, 2.24) is 19.8 Å². The number of amides is 1. The number of hydrogen-bond acceptors (Lipinski definition) is 4. The Labute approximate surface area is 181 Å². The Balaban J connectivity index is 1.31. The van der Waals surface area contributed by atoms with Crippen LogP contribution in [0.2, 0.25) is 0 Å². The van der Waals surface area contributed by atoms with Gasteiger partial charge >= 0.3 is 5.69 Å². The lowest BCUT2D eigenvalue weighted by molar-refractivity contribution is 0.0945. The number of carbonyl (C=O) groups is 1. The molecule has 0 spiro atoms. The van der Waals surface area contributed by atoms with E-state index in [1.165, 1.54) is 12.1 Å². The summed E-state index contributed by atoms with van der Waals surface area (Å²) in [6, 6.07) is 9.73. The summed E-state index contributed by atoms with van der Waals surface area (Å²) in [5, 5.41) is 2.84. The molecule has 30 heavy (non-hydrogen) atoms. The highest BCUT2D eigenvalue weighted by atomic mass is 79.9. The number of H-pyrrole nitrogens is 1. The number of carbonyl (C=O) groups excluding carboxylic acids is 1. The lowest BCUT2D eigenvalue weighted by atomic mass is 10.0. The second-order valence-corrected chi connectivity index (χ2v) is 8.44. The van der Waals surface area contributed by atoms with Crippen LogP contribution >= 0.6 is 15.9 Å². The van der Waals surface area contributed by atoms with Gasteiger partial charge in [-0.15, -0.1) is 0 Å². The number of imidazole rings is 1. The van der Waals surface area contributed by atoms with Gasteiger partial charge in [0.1, 0.15) is 5.82 Å². The molecule has 0 aliphatic carbocycles. The number of benzene rings is 2. The molecule has 7 nitrogen and oxygen atoms in total. The quantitative estimate of drug-likeness (QED) is 0.494. The first-order valence-electron chi connectivity index (χ1n) is 9.88. The standard InChI is InChI=1S/C21H23BrFN5O2/c22-13-1-4-19-18(11-13)26-21(30)28(19)15-5-8-27(9-6-15)10-7-25-20(29)16-3-2-14(23)12-17(16)24/h1-4,11-12,15H,5-10,24H2,(H,25,29)(H,26,30). The van der Waals surface area contributed by atoms with Crippen LogP contribution in [-0.2, 0) is 0 Å². The number of likely N-dealkylation sites (tertiary alicyclic amines) is 1. The average Bonchev–Trinajstić information content (AvgIpc) is 3.03. The van der Waals surface area contributed by atoms with Crippen LogP contribution in [0.4, 0.5) is 10.1 Å². The highest BCUT2D eigenvalue weighted by Crippen LogP contribution is 2.26. The summed E-state index contributed by atoms with van der Waals surface area (Å²) in [6.45, 7) is 2.86. The predicted molar refractivity (Wildman–Crippen MR) is 118 cm³/mol. The first-order chi connectivity index (χ1) is 14.4. The van der Waals surface area contributed by atoms with Gasteiger partial charge in [-0.1, -0.05) is 15.9 Å². The molecule has 2 aromatic carbocycles. The normalized spacial score (nSPS) is 15.5. The summed E-state index contributed by atoms with van der Waals surface area (Å²) in [5.74, 6) is -0.771. The van der Waals surface area contributed by atoms with Crippen LogP contribution in [0.15, 0.2) is 45.7 Å². The first kappa shape index (κ1) is 20.6. The van der Waals surface area contributed by atoms with E-state index >= 15 is 0 Å². The minimum atomic E-state index is -0.464. The zero-order valence-corrected chi connectivity index (χ0v) is 17.9. The molecule has 1 amide bonds. The van der Waals surface area contributed by atoms with Gasteiger partial charge in [-0.3, -0.25) is 9.36 Å². The third-order valence-electron chi connectivity index (χ3n) is 5.57. The fourth-order valence-electron chi connectivity index (χ4n) is 4.03. The maximum atomic E-state index is 13.1. The number of fused-ring (bicyclic) bond motifs is 1. The van der Waals surface area contributed by atoms with Crippen molar-refractivity contribution in [3.05, 3.63) is 62.7 Å². The molecule has 0 unspecified atom stereocenters. The summed E-state index contributed by atoms with van der Waals surface area (Å²) in [7, 11) is 0. The molecular weight excluding hydrogens is 453 g/mol. The van der Waals surface area contributed by atoms with Gasteiger partial charge in [-0.05, 0) is 49.2 Å². The van der Waals surface area contributed by atoms with Crippen molar-refractivity contribution in [3.63, 3.8) is 0 Å². The molecule has 0 radical (unpaired) electrons. The number of nitrogens with two attached hydrogens (primary N) is 1. The minimum Gasteiger partial charge on any atom is -0.398 e. The number of aromatic amines is 1. The number of hydrogen-bond donors (Lipinski definition) is 3. The van der Waals surface area contributed by atoms with Gasteiger partial charge in [-0.2, -0.15) is 0 Å². The van der Waals surface area contributed by atoms with Crippen LogP contribution in [0.3, 0.4) is 0 Å². The molecule has 4 N–H and O–H groups in total. The zero-order valence-electron chi connectivity index (χ0n) is 16.3. The van der Waals surface area contributed by atoms with E-state index in [2.05, 4.69) is 31.1 Å². The summed E-state index contributed by atoms with van der Waals surface area (Å²) in [5.41, 5.74) is 7.80. The van der Waals surface area contributed by atoms with Crippen molar-refractivity contribution in [2.75, 3.05) is 31.9 Å². The molecule has 0 atom stereocenters. The fraction of sp³-hybridized carbons (Fsp3) is 0.333. The Morgan fingerprint density at radius 3 is 2.73 bits per heavy atom. The lowest BCUT2D eigenvalue weighted by Gasteiger charge is -2.32. The number of halogens is 2. The number of nitrogen functional groups attached to an aromatic ring is 1. The predicted octanol–water partition coefficient (Wildman–Crippen LogP) is 2.88. The van der Waals surface area contributed by atoms with Crippen molar-refractivity contribution in [2.45, 2.75) is 18.9 Å². The largest absolute Gasteiger partial charge is 0.398 e. The smallest absolute Gasteiger partial charge is 0.326 e. The maximum absolute atomic E-state index is 13.1. The second kappa shape index (κ2) is 8.61. The van der Waals surface area contributed by atoms with E-state index in [4.69, 9.17) is 5.73 Å². The number of rotatable bonds is 5. The number of anilines is 1. The van der Waals surface area contributed by atoms with Gasteiger partial charge < -0.3 is 20.9 Å². The Morgan fingerprint density at radius 2 is 2.00 bits per heavy atom. The molecule has 9 heteroatoms. The monoisotopic (exact) mass is 475 g/mol. The second-order valence-electron chi connectivity index (χ2n) is 7.52. The molecule has 0 saturated carbocycles. The van der Waals surface area contributed by atoms with Crippen LogP contribution in [0, 0.1) is 5.82 Å². The number of nitrogens with zero attached hydrogens (tertiary/aromatic N) is 2. The van der Waals surface area contributed by atoms with Gasteiger partial charge in [0, 0.05) is 42.4 Å². The minimum absolute atomic E-state index is 0.0781. The number of nitrogens with one attached hydrogen (secondary N) is 2. The highest BCUT2D eigenvalue weighted by molar-refractivity contribution is 9.10. The summed E-state index contributed by atoms with van der Waals surface area (Å²) in [6.07, 6.45) is 1.73. The van der Waals surface area contributed by atoms with Crippen molar-refractivity contribution < 1.29 is 9.18 Å². The van der Waals surface area contributed by atoms with E-state index in [-0.39, 0.29) is 28.9 Å². The molecular formula is C21H23BrFN5O2. The van der Waals surface area contributed by atoms with Crippen molar-refractivity contribution in [1.29, 1.82) is 0 Å². The first-order valence-corrected chi connectivity index (χ1v) is 10.7. The highest BCUT2D eigenvalue weighted by Gasteiger charge is 2.23. The van der Waals surface area contributed by atoms with E-state index in [0.29, 0.717) is 13.1 Å².